The third-order valence-corrected chi connectivity index (χ3v) is 0. The van der Waals surface area contributed by atoms with Gasteiger partial charge in [0, 0.05) is 0 Å². The van der Waals surface area contributed by atoms with Gasteiger partial charge in [-0.05, 0) is 0 Å². The molecule has 0 spiro atoms. The first-order valence-corrected chi connectivity index (χ1v) is 2.83. The molecule has 4 nitrogen and oxygen atoms in total. The molecule has 0 N–H and O–H groups in total. The second-order valence-corrected chi connectivity index (χ2v) is 0.577. The standard InChI is InChI=1S/CH4.2Al.Ca.4O/h1H4;;;;;;;/q;;;+2;;;2*-1. The van der Waals surface area contributed by atoms with Gasteiger partial charge in [0.1, 0.15) is 0 Å². The molecule has 0 rings (SSSR count). The zero-order chi connectivity index (χ0) is 5.41. The van der Waals surface area contributed by atoms with E-state index in [1.807, 2.05) is 0 Å². The van der Waals surface area contributed by atoms with E-state index in [1.165, 1.54) is 0 Å². The average molecular weight is 174 g/mol. The van der Waals surface area contributed by atoms with Crippen LogP contribution in [0.15, 0.2) is 0 Å². The molecule has 0 amide bonds. The summed E-state index contributed by atoms with van der Waals surface area (Å²) in [6, 6.07) is 0. The Morgan fingerprint density at radius 1 is 1.00 bits per heavy atom. The summed E-state index contributed by atoms with van der Waals surface area (Å²) in [6.07, 6.45) is 0. The summed E-state index contributed by atoms with van der Waals surface area (Å²) >= 11 is -3.50. The van der Waals surface area contributed by atoms with E-state index in [-0.39, 0.29) is 45.2 Å². The number of hydrogen-bond acceptors (Lipinski definition) is 4. The number of rotatable bonds is 0. The summed E-state index contributed by atoms with van der Waals surface area (Å²) in [5.41, 5.74) is 0. The van der Waals surface area contributed by atoms with Crippen molar-refractivity contribution in [2.24, 2.45) is 0 Å². The fourth-order valence-corrected chi connectivity index (χ4v) is 0. The van der Waals surface area contributed by atoms with Crippen molar-refractivity contribution in [1.29, 1.82) is 0 Å². The molecule has 0 atom stereocenters. The first-order chi connectivity index (χ1) is 2.83. The molecule has 0 unspecified atom stereocenters. The van der Waals surface area contributed by atoms with Crippen LogP contribution in [-0.2, 0) is 7.61 Å². The van der Waals surface area contributed by atoms with Crippen LogP contribution in [0.1, 0.15) is 7.43 Å². The van der Waals surface area contributed by atoms with E-state index in [0.29, 0.717) is 0 Å². The van der Waals surface area contributed by atoms with Gasteiger partial charge in [-0.3, -0.25) is 0 Å². The van der Waals surface area contributed by atoms with Gasteiger partial charge < -0.3 is 0 Å². The van der Waals surface area contributed by atoms with Crippen LogP contribution < -0.4 is 8.32 Å². The van der Waals surface area contributed by atoms with Crippen LogP contribution in [0, 0.1) is 0 Å². The Bertz CT molecular complexity index is 35.0. The third-order valence-electron chi connectivity index (χ3n) is 0. The van der Waals surface area contributed by atoms with Gasteiger partial charge in [-0.1, -0.05) is 7.43 Å². The zero-order valence-corrected chi connectivity index (χ0v) is 8.01. The molecule has 0 aromatic carbocycles. The Balaban J connectivity index is -0.0000000160. The minimum atomic E-state index is -1.75. The molecule has 8 heavy (non-hydrogen) atoms. The van der Waals surface area contributed by atoms with Crippen LogP contribution in [0.2, 0.25) is 0 Å². The predicted molar refractivity (Wildman–Crippen MR) is 25.4 cm³/mol. The predicted octanol–water partition coefficient (Wildman–Crippen LogP) is -3.12. The van der Waals surface area contributed by atoms with Gasteiger partial charge in [0.25, 0.3) is 0 Å². The molecule has 0 heterocycles. The van der Waals surface area contributed by atoms with E-state index in [1.54, 1.807) is 0 Å². The molecule has 7 heteroatoms. The van der Waals surface area contributed by atoms with Crippen molar-refractivity contribution in [1.82, 2.24) is 0 Å². The Kier molecular flexibility index (Phi) is 110. The van der Waals surface area contributed by atoms with Gasteiger partial charge in [-0.25, -0.2) is 0 Å². The molecular formula is CH4Al2CaO4. The molecule has 0 fully saturated rings. The van der Waals surface area contributed by atoms with Crippen molar-refractivity contribution in [2.75, 3.05) is 0 Å². The molecule has 0 saturated carbocycles. The summed E-state index contributed by atoms with van der Waals surface area (Å²) in [5, 5.41) is 0. The van der Waals surface area contributed by atoms with E-state index in [9.17, 15) is 0 Å². The van der Waals surface area contributed by atoms with Crippen molar-refractivity contribution in [3.63, 3.8) is 0 Å². The van der Waals surface area contributed by atoms with Gasteiger partial charge in [-0.2, -0.15) is 0 Å². The summed E-state index contributed by atoms with van der Waals surface area (Å²) in [6.45, 7) is 0. The summed E-state index contributed by atoms with van der Waals surface area (Å²) in [4.78, 5) is 0. The molecule has 0 aliphatic carbocycles. The second-order valence-electron chi connectivity index (χ2n) is 0.192. The Labute approximate surface area is 90.8 Å². The number of hydrogen-bond donors (Lipinski definition) is 0. The quantitative estimate of drug-likeness (QED) is 0.364. The van der Waals surface area contributed by atoms with E-state index in [0.717, 1.165) is 0 Å². The molecular weight excluding hydrogens is 170 g/mol. The first-order valence-electron chi connectivity index (χ1n) is 0.943. The molecule has 0 aromatic rings. The van der Waals surface area contributed by atoms with Crippen molar-refractivity contribution in [2.45, 2.75) is 7.43 Å². The Hall–Kier alpha value is 1.52. The first kappa shape index (κ1) is 22.7. The van der Waals surface area contributed by atoms with E-state index in [4.69, 9.17) is 15.9 Å². The monoisotopic (exact) mass is 174 g/mol. The minimum absolute atomic E-state index is 0. The van der Waals surface area contributed by atoms with Gasteiger partial charge in [0.05, 0.1) is 0 Å². The maximum atomic E-state index is 8.46. The SMILES string of the molecule is C.[Ca+2].[O]=[Al][O-].[O]=[Al][O-]. The molecule has 0 bridgehead atoms. The molecule has 0 aliphatic rings. The zero-order valence-electron chi connectivity index (χ0n) is 3.49. The molecule has 0 aromatic heterocycles. The van der Waals surface area contributed by atoms with Crippen LogP contribution >= 0.6 is 0 Å². The van der Waals surface area contributed by atoms with Gasteiger partial charge in [0.15, 0.2) is 0 Å². The third kappa shape index (κ3) is 138. The average Bonchev–Trinajstić information content (AvgIpc) is 1.39. The van der Waals surface area contributed by atoms with Crippen molar-refractivity contribution in [3.05, 3.63) is 0 Å². The van der Waals surface area contributed by atoms with E-state index in [2.05, 4.69) is 0 Å². The van der Waals surface area contributed by atoms with Crippen LogP contribution in [0.3, 0.4) is 0 Å². The molecule has 40 valence electrons. The van der Waals surface area contributed by atoms with Crippen LogP contribution in [0.25, 0.3) is 0 Å². The molecule has 0 aliphatic heterocycles. The van der Waals surface area contributed by atoms with Crippen LogP contribution in [-0.4, -0.2) is 68.7 Å². The fraction of sp³-hybridized carbons (Fsp3) is 1.00. The normalized spacial score (nSPS) is 2.00. The summed E-state index contributed by atoms with van der Waals surface area (Å²) in [5.74, 6) is 0. The Morgan fingerprint density at radius 3 is 1.00 bits per heavy atom. The van der Waals surface area contributed by atoms with Crippen molar-refractivity contribution in [3.8, 4) is 0 Å². The van der Waals surface area contributed by atoms with Crippen molar-refractivity contribution < 1.29 is 15.9 Å². The molecule has 0 saturated heterocycles. The van der Waals surface area contributed by atoms with Gasteiger partial charge in [-0.15, -0.1) is 0 Å². The second kappa shape index (κ2) is 38.9. The van der Waals surface area contributed by atoms with Crippen LogP contribution in [0.5, 0.6) is 0 Å². The molecule has 0 radical (unpaired) electrons. The van der Waals surface area contributed by atoms with Crippen molar-refractivity contribution >= 4 is 68.7 Å². The Morgan fingerprint density at radius 2 is 1.00 bits per heavy atom. The van der Waals surface area contributed by atoms with E-state index >= 15 is 0 Å². The van der Waals surface area contributed by atoms with Gasteiger partial charge >= 0.3 is 84.6 Å². The fourth-order valence-electron chi connectivity index (χ4n) is 0. The van der Waals surface area contributed by atoms with Gasteiger partial charge in [0.2, 0.25) is 0 Å². The maximum absolute atomic E-state index is 8.46. The summed E-state index contributed by atoms with van der Waals surface area (Å²) in [7, 11) is 0. The topological polar surface area (TPSA) is 80.3 Å². The summed E-state index contributed by atoms with van der Waals surface area (Å²) < 4.78 is 33.8. The van der Waals surface area contributed by atoms with Crippen LogP contribution in [0.4, 0.5) is 0 Å². The van der Waals surface area contributed by atoms with E-state index < -0.39 is 31.0 Å².